The van der Waals surface area contributed by atoms with Gasteiger partial charge in [-0.1, -0.05) is 12.2 Å². The molecule has 1 saturated heterocycles. The minimum Gasteiger partial charge on any atom is -0.494 e. The highest BCUT2D eigenvalue weighted by atomic mass is 32.1. The molecule has 3 rings (SSSR count). The number of nitrogens with zero attached hydrogens (tertiary/aromatic N) is 2. The standard InChI is InChI=1S/C17H14FN3O2S/c1-2-23-14-9-7-13(8-10-14)21-16(24)15(19)20(17(21)22)12-5-3-11(18)4-6-12/h3-10,19H,2H2,1H3. The molecule has 1 fully saturated rings. The minimum atomic E-state index is -0.472. The zero-order valence-electron chi connectivity index (χ0n) is 12.8. The van der Waals surface area contributed by atoms with Gasteiger partial charge in [-0.05, 0) is 55.5 Å². The SMILES string of the molecule is CCOc1ccc(N2C(=O)N(c3ccc(F)cc3)C(=N)C2=S)cc1. The molecule has 0 radical (unpaired) electrons. The summed E-state index contributed by atoms with van der Waals surface area (Å²) in [5.74, 6) is 0.155. The Bertz CT molecular complexity index is 806. The van der Waals surface area contributed by atoms with Gasteiger partial charge in [0.15, 0.2) is 10.8 Å². The van der Waals surface area contributed by atoms with Gasteiger partial charge in [-0.15, -0.1) is 0 Å². The molecular weight excluding hydrogens is 329 g/mol. The Hall–Kier alpha value is -2.80. The first-order chi connectivity index (χ1) is 11.5. The summed E-state index contributed by atoms with van der Waals surface area (Å²) in [4.78, 5) is 15.2. The number of hydrogen-bond donors (Lipinski definition) is 1. The molecule has 2 amide bonds. The maximum atomic E-state index is 13.1. The van der Waals surface area contributed by atoms with Crippen LogP contribution >= 0.6 is 12.2 Å². The van der Waals surface area contributed by atoms with Gasteiger partial charge in [-0.2, -0.15) is 0 Å². The summed E-state index contributed by atoms with van der Waals surface area (Å²) in [6, 6.07) is 11.8. The van der Waals surface area contributed by atoms with Crippen LogP contribution in [-0.4, -0.2) is 23.5 Å². The lowest BCUT2D eigenvalue weighted by atomic mass is 10.3. The van der Waals surface area contributed by atoms with Crippen LogP contribution in [0.25, 0.3) is 0 Å². The quantitative estimate of drug-likeness (QED) is 0.855. The minimum absolute atomic E-state index is 0.0912. The molecule has 2 aromatic rings. The van der Waals surface area contributed by atoms with Crippen molar-refractivity contribution < 1.29 is 13.9 Å². The molecule has 1 N–H and O–H groups in total. The monoisotopic (exact) mass is 343 g/mol. The molecule has 0 unspecified atom stereocenters. The average molecular weight is 343 g/mol. The summed E-state index contributed by atoms with van der Waals surface area (Å²) in [5.41, 5.74) is 0.935. The van der Waals surface area contributed by atoms with Gasteiger partial charge >= 0.3 is 6.03 Å². The van der Waals surface area contributed by atoms with Gasteiger partial charge in [0.05, 0.1) is 18.0 Å². The van der Waals surface area contributed by atoms with Crippen LogP contribution in [0.1, 0.15) is 6.92 Å². The van der Waals surface area contributed by atoms with E-state index in [0.29, 0.717) is 23.7 Å². The van der Waals surface area contributed by atoms with Gasteiger partial charge in [0.2, 0.25) is 0 Å². The Morgan fingerprint density at radius 2 is 1.58 bits per heavy atom. The van der Waals surface area contributed by atoms with E-state index in [1.807, 2.05) is 6.92 Å². The van der Waals surface area contributed by atoms with E-state index in [2.05, 4.69) is 0 Å². The fraction of sp³-hybridized carbons (Fsp3) is 0.118. The van der Waals surface area contributed by atoms with Crippen molar-refractivity contribution in [1.82, 2.24) is 0 Å². The van der Waals surface area contributed by atoms with Crippen LogP contribution in [0, 0.1) is 11.2 Å². The highest BCUT2D eigenvalue weighted by molar-refractivity contribution is 7.82. The zero-order chi connectivity index (χ0) is 17.3. The predicted molar refractivity (Wildman–Crippen MR) is 94.7 cm³/mol. The number of nitrogens with one attached hydrogen (secondary N) is 1. The number of thiocarbonyl (C=S) groups is 1. The second-order valence-corrected chi connectivity index (χ2v) is 5.40. The van der Waals surface area contributed by atoms with E-state index in [1.165, 1.54) is 29.2 Å². The number of hydrogen-bond acceptors (Lipinski definition) is 4. The third-order valence-electron chi connectivity index (χ3n) is 3.50. The molecule has 2 aromatic carbocycles. The Balaban J connectivity index is 1.92. The van der Waals surface area contributed by atoms with E-state index in [4.69, 9.17) is 22.4 Å². The Morgan fingerprint density at radius 3 is 2.17 bits per heavy atom. The van der Waals surface area contributed by atoms with Gasteiger partial charge in [0, 0.05) is 0 Å². The average Bonchev–Trinajstić information content (AvgIpc) is 2.80. The first kappa shape index (κ1) is 16.1. The number of amides is 2. The fourth-order valence-corrected chi connectivity index (χ4v) is 2.67. The van der Waals surface area contributed by atoms with E-state index in [1.54, 1.807) is 24.3 Å². The normalized spacial score (nSPS) is 14.5. The Labute approximate surface area is 143 Å². The molecule has 122 valence electrons. The number of carbonyl (C=O) groups is 1. The maximum absolute atomic E-state index is 13.1. The van der Waals surface area contributed by atoms with Gasteiger partial charge in [0.25, 0.3) is 0 Å². The summed E-state index contributed by atoms with van der Waals surface area (Å²) in [6.07, 6.45) is 0. The number of halogens is 1. The molecule has 0 aromatic heterocycles. The molecule has 1 aliphatic rings. The summed E-state index contributed by atoms with van der Waals surface area (Å²) < 4.78 is 18.5. The van der Waals surface area contributed by atoms with Crippen molar-refractivity contribution in [2.24, 2.45) is 0 Å². The first-order valence-electron chi connectivity index (χ1n) is 7.28. The molecule has 5 nitrogen and oxygen atoms in total. The zero-order valence-corrected chi connectivity index (χ0v) is 13.6. The topological polar surface area (TPSA) is 56.6 Å². The highest BCUT2D eigenvalue weighted by Gasteiger charge is 2.40. The summed E-state index contributed by atoms with van der Waals surface area (Å²) in [7, 11) is 0. The van der Waals surface area contributed by atoms with Crippen LogP contribution in [-0.2, 0) is 0 Å². The van der Waals surface area contributed by atoms with Crippen LogP contribution < -0.4 is 14.5 Å². The number of carbonyl (C=O) groups excluding carboxylic acids is 1. The summed E-state index contributed by atoms with van der Waals surface area (Å²) >= 11 is 5.24. The third-order valence-corrected chi connectivity index (χ3v) is 3.88. The van der Waals surface area contributed by atoms with E-state index >= 15 is 0 Å². The predicted octanol–water partition coefficient (Wildman–Crippen LogP) is 3.98. The van der Waals surface area contributed by atoms with Crippen LogP contribution in [0.5, 0.6) is 5.75 Å². The van der Waals surface area contributed by atoms with Crippen LogP contribution in [0.3, 0.4) is 0 Å². The second kappa shape index (κ2) is 6.37. The van der Waals surface area contributed by atoms with Gasteiger partial charge in [-0.3, -0.25) is 5.41 Å². The number of amidine groups is 1. The molecule has 1 heterocycles. The number of benzene rings is 2. The lowest BCUT2D eigenvalue weighted by Crippen LogP contribution is -2.33. The van der Waals surface area contributed by atoms with Crippen molar-refractivity contribution in [3.63, 3.8) is 0 Å². The van der Waals surface area contributed by atoms with Crippen LogP contribution in [0.4, 0.5) is 20.6 Å². The third kappa shape index (κ3) is 2.74. The largest absolute Gasteiger partial charge is 0.494 e. The van der Waals surface area contributed by atoms with E-state index in [0.717, 1.165) is 4.90 Å². The molecule has 0 aliphatic carbocycles. The van der Waals surface area contributed by atoms with Crippen LogP contribution in [0.15, 0.2) is 48.5 Å². The number of anilines is 2. The molecule has 0 saturated carbocycles. The molecule has 7 heteroatoms. The molecule has 1 aliphatic heterocycles. The molecular formula is C17H14FN3O2S. The second-order valence-electron chi connectivity index (χ2n) is 5.01. The molecule has 24 heavy (non-hydrogen) atoms. The molecule has 0 bridgehead atoms. The van der Waals surface area contributed by atoms with Crippen molar-refractivity contribution in [3.05, 3.63) is 54.3 Å². The first-order valence-corrected chi connectivity index (χ1v) is 7.69. The molecule has 0 atom stereocenters. The smallest absolute Gasteiger partial charge is 0.340 e. The van der Waals surface area contributed by atoms with Crippen molar-refractivity contribution in [3.8, 4) is 5.75 Å². The van der Waals surface area contributed by atoms with Crippen molar-refractivity contribution in [1.29, 1.82) is 5.41 Å². The Kier molecular flexibility index (Phi) is 4.26. The fourth-order valence-electron chi connectivity index (χ4n) is 2.40. The molecule has 0 spiro atoms. The van der Waals surface area contributed by atoms with Crippen LogP contribution in [0.2, 0.25) is 0 Å². The van der Waals surface area contributed by atoms with Crippen molar-refractivity contribution in [2.45, 2.75) is 6.92 Å². The summed E-state index contributed by atoms with van der Waals surface area (Å²) in [5, 5.41) is 8.13. The lowest BCUT2D eigenvalue weighted by molar-refractivity contribution is 0.257. The Morgan fingerprint density at radius 1 is 1.04 bits per heavy atom. The number of rotatable bonds is 4. The van der Waals surface area contributed by atoms with Gasteiger partial charge in [0.1, 0.15) is 11.6 Å². The lowest BCUT2D eigenvalue weighted by Gasteiger charge is -2.17. The maximum Gasteiger partial charge on any atom is 0.340 e. The van der Waals surface area contributed by atoms with E-state index in [9.17, 15) is 9.18 Å². The van der Waals surface area contributed by atoms with E-state index < -0.39 is 11.8 Å². The number of urea groups is 1. The van der Waals surface area contributed by atoms with Crippen molar-refractivity contribution in [2.75, 3.05) is 16.4 Å². The van der Waals surface area contributed by atoms with Gasteiger partial charge < -0.3 is 4.74 Å². The summed E-state index contributed by atoms with van der Waals surface area (Å²) in [6.45, 7) is 2.43. The number of ether oxygens (including phenoxy) is 1. The highest BCUT2D eigenvalue weighted by Crippen LogP contribution is 2.29. The van der Waals surface area contributed by atoms with Gasteiger partial charge in [-0.25, -0.2) is 19.0 Å². The van der Waals surface area contributed by atoms with E-state index in [-0.39, 0.29) is 10.8 Å². The van der Waals surface area contributed by atoms with Crippen molar-refractivity contribution >= 4 is 40.4 Å².